The van der Waals surface area contributed by atoms with Crippen molar-refractivity contribution in [3.63, 3.8) is 0 Å². The van der Waals surface area contributed by atoms with Crippen molar-refractivity contribution in [1.82, 2.24) is 14.9 Å². The normalized spacial score (nSPS) is 12.3. The molecule has 0 saturated heterocycles. The van der Waals surface area contributed by atoms with Gasteiger partial charge < -0.3 is 4.57 Å². The number of hydrogen-bond acceptors (Lipinski definition) is 2. The molecule has 1 N–H and O–H groups in total. The molecule has 3 rings (SSSR count). The summed E-state index contributed by atoms with van der Waals surface area (Å²) in [7, 11) is 1.96. The fourth-order valence-electron chi connectivity index (χ4n) is 2.59. The van der Waals surface area contributed by atoms with E-state index in [1.807, 2.05) is 17.8 Å². The van der Waals surface area contributed by atoms with Crippen LogP contribution in [0.15, 0.2) is 60.9 Å². The molecule has 0 radical (unpaired) electrons. The molecular weight excluding hydrogens is 289 g/mol. The molecule has 3 nitrogen and oxygen atoms in total. The first-order valence-corrected chi connectivity index (χ1v) is 7.65. The molecule has 0 fully saturated rings. The lowest BCUT2D eigenvalue weighted by Crippen LogP contribution is -2.24. The Kier molecular flexibility index (Phi) is 4.53. The average molecular weight is 309 g/mol. The molecule has 0 saturated carbocycles. The Morgan fingerprint density at radius 2 is 1.78 bits per heavy atom. The van der Waals surface area contributed by atoms with Crippen molar-refractivity contribution >= 4 is 0 Å². The molecule has 0 unspecified atom stereocenters. The van der Waals surface area contributed by atoms with Crippen LogP contribution in [0.5, 0.6) is 0 Å². The molecule has 1 heterocycles. The summed E-state index contributed by atoms with van der Waals surface area (Å²) in [5.41, 5.74) is 3.44. The minimum absolute atomic E-state index is 0.0862. The SMILES string of the molecule is Cc1ccc(CN[C@@H](c2ccc(F)cc2)c2nccn2C)cc1. The van der Waals surface area contributed by atoms with Gasteiger partial charge in [-0.1, -0.05) is 42.0 Å². The molecule has 0 spiro atoms. The summed E-state index contributed by atoms with van der Waals surface area (Å²) in [6.07, 6.45) is 3.69. The summed E-state index contributed by atoms with van der Waals surface area (Å²) in [6.45, 7) is 2.79. The highest BCUT2D eigenvalue weighted by molar-refractivity contribution is 5.27. The van der Waals surface area contributed by atoms with Gasteiger partial charge in [-0.3, -0.25) is 5.32 Å². The zero-order valence-corrected chi connectivity index (χ0v) is 13.3. The van der Waals surface area contributed by atoms with Gasteiger partial charge in [0.15, 0.2) is 0 Å². The molecule has 0 aliphatic heterocycles. The second kappa shape index (κ2) is 6.75. The van der Waals surface area contributed by atoms with Crippen molar-refractivity contribution in [2.75, 3.05) is 0 Å². The van der Waals surface area contributed by atoms with Crippen LogP contribution in [-0.4, -0.2) is 9.55 Å². The van der Waals surface area contributed by atoms with Crippen molar-refractivity contribution in [2.24, 2.45) is 7.05 Å². The molecule has 1 aromatic heterocycles. The Morgan fingerprint density at radius 3 is 2.39 bits per heavy atom. The highest BCUT2D eigenvalue weighted by Crippen LogP contribution is 2.21. The van der Waals surface area contributed by atoms with Crippen LogP contribution in [0.4, 0.5) is 4.39 Å². The lowest BCUT2D eigenvalue weighted by Gasteiger charge is -2.19. The van der Waals surface area contributed by atoms with Crippen molar-refractivity contribution in [3.05, 3.63) is 89.3 Å². The number of aromatic nitrogens is 2. The fourth-order valence-corrected chi connectivity index (χ4v) is 2.59. The number of nitrogens with zero attached hydrogens (tertiary/aromatic N) is 2. The van der Waals surface area contributed by atoms with E-state index in [1.54, 1.807) is 18.3 Å². The van der Waals surface area contributed by atoms with Crippen LogP contribution < -0.4 is 5.32 Å². The second-order valence-electron chi connectivity index (χ2n) is 5.75. The lowest BCUT2D eigenvalue weighted by atomic mass is 10.1. The number of aryl methyl sites for hydroxylation is 2. The van der Waals surface area contributed by atoms with Gasteiger partial charge >= 0.3 is 0 Å². The standard InChI is InChI=1S/C19H20FN3/c1-14-3-5-15(6-4-14)13-22-18(19-21-11-12-23(19)2)16-7-9-17(20)10-8-16/h3-12,18,22H,13H2,1-2H3/t18-/m0/s1. The topological polar surface area (TPSA) is 29.9 Å². The first-order chi connectivity index (χ1) is 11.1. The van der Waals surface area contributed by atoms with E-state index in [4.69, 9.17) is 0 Å². The van der Waals surface area contributed by atoms with Crippen molar-refractivity contribution < 1.29 is 4.39 Å². The molecule has 0 bridgehead atoms. The predicted molar refractivity (Wildman–Crippen MR) is 89.5 cm³/mol. The van der Waals surface area contributed by atoms with Gasteiger partial charge in [-0.2, -0.15) is 0 Å². The van der Waals surface area contributed by atoms with Gasteiger partial charge in [-0.25, -0.2) is 9.37 Å². The Labute approximate surface area is 135 Å². The van der Waals surface area contributed by atoms with Gasteiger partial charge in [-0.15, -0.1) is 0 Å². The van der Waals surface area contributed by atoms with E-state index in [9.17, 15) is 4.39 Å². The number of imidazole rings is 1. The van der Waals surface area contributed by atoms with E-state index >= 15 is 0 Å². The van der Waals surface area contributed by atoms with Crippen molar-refractivity contribution in [1.29, 1.82) is 0 Å². The average Bonchev–Trinajstić information content (AvgIpc) is 2.97. The first kappa shape index (κ1) is 15.4. The third kappa shape index (κ3) is 3.66. The zero-order chi connectivity index (χ0) is 16.2. The van der Waals surface area contributed by atoms with Crippen molar-refractivity contribution in [2.45, 2.75) is 19.5 Å². The maximum Gasteiger partial charge on any atom is 0.130 e. The molecule has 0 aliphatic rings. The second-order valence-corrected chi connectivity index (χ2v) is 5.75. The maximum atomic E-state index is 13.2. The minimum atomic E-state index is -0.231. The minimum Gasteiger partial charge on any atom is -0.336 e. The van der Waals surface area contributed by atoms with E-state index in [2.05, 4.69) is 41.5 Å². The molecule has 23 heavy (non-hydrogen) atoms. The number of benzene rings is 2. The molecular formula is C19H20FN3. The van der Waals surface area contributed by atoms with Crippen LogP contribution in [-0.2, 0) is 13.6 Å². The van der Waals surface area contributed by atoms with Crippen LogP contribution >= 0.6 is 0 Å². The molecule has 2 aromatic carbocycles. The Morgan fingerprint density at radius 1 is 1.09 bits per heavy atom. The van der Waals surface area contributed by atoms with Crippen LogP contribution in [0.3, 0.4) is 0 Å². The third-order valence-corrected chi connectivity index (χ3v) is 3.95. The molecule has 118 valence electrons. The number of rotatable bonds is 5. The van der Waals surface area contributed by atoms with Crippen LogP contribution in [0, 0.1) is 12.7 Å². The number of hydrogen-bond donors (Lipinski definition) is 1. The van der Waals surface area contributed by atoms with Gasteiger partial charge in [0.25, 0.3) is 0 Å². The summed E-state index contributed by atoms with van der Waals surface area (Å²) in [5.74, 6) is 0.676. The summed E-state index contributed by atoms with van der Waals surface area (Å²) in [4.78, 5) is 4.45. The summed E-state index contributed by atoms with van der Waals surface area (Å²) in [6, 6.07) is 14.9. The van der Waals surface area contributed by atoms with Gasteiger partial charge in [-0.05, 0) is 30.2 Å². The summed E-state index contributed by atoms with van der Waals surface area (Å²) >= 11 is 0. The van der Waals surface area contributed by atoms with Crippen LogP contribution in [0.1, 0.15) is 28.6 Å². The highest BCUT2D eigenvalue weighted by atomic mass is 19.1. The lowest BCUT2D eigenvalue weighted by molar-refractivity contribution is 0.555. The summed E-state index contributed by atoms with van der Waals surface area (Å²) < 4.78 is 15.2. The largest absolute Gasteiger partial charge is 0.336 e. The maximum absolute atomic E-state index is 13.2. The highest BCUT2D eigenvalue weighted by Gasteiger charge is 2.17. The van der Waals surface area contributed by atoms with E-state index in [0.29, 0.717) is 0 Å². The molecule has 0 amide bonds. The van der Waals surface area contributed by atoms with E-state index < -0.39 is 0 Å². The number of halogens is 1. The van der Waals surface area contributed by atoms with E-state index in [-0.39, 0.29) is 11.9 Å². The smallest absolute Gasteiger partial charge is 0.130 e. The quantitative estimate of drug-likeness (QED) is 0.778. The van der Waals surface area contributed by atoms with Gasteiger partial charge in [0, 0.05) is 26.0 Å². The molecule has 1 atom stereocenters. The van der Waals surface area contributed by atoms with E-state index in [0.717, 1.165) is 17.9 Å². The zero-order valence-electron chi connectivity index (χ0n) is 13.3. The molecule has 3 aromatic rings. The Bertz CT molecular complexity index is 760. The van der Waals surface area contributed by atoms with Crippen molar-refractivity contribution in [3.8, 4) is 0 Å². The number of nitrogens with one attached hydrogen (secondary N) is 1. The molecule has 0 aliphatic carbocycles. The van der Waals surface area contributed by atoms with Crippen LogP contribution in [0.25, 0.3) is 0 Å². The Balaban J connectivity index is 1.85. The Hall–Kier alpha value is -2.46. The van der Waals surface area contributed by atoms with E-state index in [1.165, 1.54) is 23.3 Å². The monoisotopic (exact) mass is 309 g/mol. The first-order valence-electron chi connectivity index (χ1n) is 7.65. The summed E-state index contributed by atoms with van der Waals surface area (Å²) in [5, 5.41) is 3.53. The van der Waals surface area contributed by atoms with Gasteiger partial charge in [0.05, 0.1) is 6.04 Å². The fraction of sp³-hybridized carbons (Fsp3) is 0.211. The third-order valence-electron chi connectivity index (χ3n) is 3.95. The van der Waals surface area contributed by atoms with Gasteiger partial charge in [0.1, 0.15) is 11.6 Å². The van der Waals surface area contributed by atoms with Crippen LogP contribution in [0.2, 0.25) is 0 Å². The molecule has 4 heteroatoms. The van der Waals surface area contributed by atoms with Gasteiger partial charge in [0.2, 0.25) is 0 Å². The predicted octanol–water partition coefficient (Wildman–Crippen LogP) is 3.75.